The molecule has 0 fully saturated rings. The van der Waals surface area contributed by atoms with E-state index in [1.807, 2.05) is 6.07 Å². The summed E-state index contributed by atoms with van der Waals surface area (Å²) in [6.07, 6.45) is 0. The van der Waals surface area contributed by atoms with Gasteiger partial charge >= 0.3 is 0 Å². The van der Waals surface area contributed by atoms with Crippen molar-refractivity contribution in [2.75, 3.05) is 7.11 Å². The number of ether oxygens (including phenoxy) is 1. The second-order valence-electron chi connectivity index (χ2n) is 3.29. The Hall–Kier alpha value is -0.900. The molecule has 0 aliphatic carbocycles. The van der Waals surface area contributed by atoms with Crippen molar-refractivity contribution in [1.82, 2.24) is 0 Å². The largest absolute Gasteiger partial charge is 0.494 e. The fourth-order valence-electron chi connectivity index (χ4n) is 1.24. The number of halogens is 1. The van der Waals surface area contributed by atoms with Gasteiger partial charge < -0.3 is 4.74 Å². The van der Waals surface area contributed by atoms with E-state index in [-0.39, 0.29) is 0 Å². The smallest absolute Gasteiger partial charge is 0.150 e. The summed E-state index contributed by atoms with van der Waals surface area (Å²) in [5.74, 6) is 0.894. The van der Waals surface area contributed by atoms with Gasteiger partial charge in [-0.2, -0.15) is 0 Å². The molecule has 0 spiro atoms. The lowest BCUT2D eigenvalue weighted by molar-refractivity contribution is 0.415. The van der Waals surface area contributed by atoms with Crippen molar-refractivity contribution in [1.29, 1.82) is 0 Å². The van der Waals surface area contributed by atoms with Crippen LogP contribution in [0.25, 0.3) is 0 Å². The minimum Gasteiger partial charge on any atom is -0.494 e. The Labute approximate surface area is 91.6 Å². The minimum atomic E-state index is 0.323. The molecule has 0 atom stereocenters. The molecular formula is C10H12BrNO2. The van der Waals surface area contributed by atoms with Gasteiger partial charge in [-0.1, -0.05) is 29.8 Å². The number of nitrogens with zero attached hydrogens (tertiary/aromatic N) is 1. The maximum absolute atomic E-state index is 10.5. The van der Waals surface area contributed by atoms with E-state index in [0.717, 1.165) is 10.0 Å². The molecule has 76 valence electrons. The highest BCUT2D eigenvalue weighted by Gasteiger charge is 2.11. The number of hydrogen-bond acceptors (Lipinski definition) is 3. The molecule has 4 heteroatoms. The number of benzene rings is 1. The number of rotatable bonds is 3. The third-order valence-corrected chi connectivity index (χ3v) is 2.71. The van der Waals surface area contributed by atoms with E-state index in [1.165, 1.54) is 7.11 Å². The zero-order valence-corrected chi connectivity index (χ0v) is 9.96. The van der Waals surface area contributed by atoms with Gasteiger partial charge in [0.15, 0.2) is 5.69 Å². The molecule has 0 bridgehead atoms. The van der Waals surface area contributed by atoms with E-state index in [2.05, 4.69) is 35.0 Å². The molecule has 0 unspecified atom stereocenters. The lowest BCUT2D eigenvalue weighted by Crippen LogP contribution is -1.92. The van der Waals surface area contributed by atoms with Crippen LogP contribution in [-0.4, -0.2) is 7.11 Å². The molecule has 0 aromatic heterocycles. The van der Waals surface area contributed by atoms with Crippen molar-refractivity contribution in [2.45, 2.75) is 19.8 Å². The number of methoxy groups -OCH3 is 1. The quantitative estimate of drug-likeness (QED) is 0.769. The van der Waals surface area contributed by atoms with Crippen molar-refractivity contribution in [3.05, 3.63) is 27.1 Å². The maximum Gasteiger partial charge on any atom is 0.150 e. The first kappa shape index (κ1) is 11.2. The summed E-state index contributed by atoms with van der Waals surface area (Å²) in [5, 5.41) is 2.90. The predicted octanol–water partition coefficient (Wildman–Crippen LogP) is 3.98. The van der Waals surface area contributed by atoms with Gasteiger partial charge in [0.25, 0.3) is 0 Å². The summed E-state index contributed by atoms with van der Waals surface area (Å²) in [7, 11) is 1.53. The van der Waals surface area contributed by atoms with E-state index >= 15 is 0 Å². The highest BCUT2D eigenvalue weighted by Crippen LogP contribution is 2.36. The van der Waals surface area contributed by atoms with Gasteiger partial charge in [0.2, 0.25) is 0 Å². The molecule has 0 saturated carbocycles. The average molecular weight is 258 g/mol. The molecular weight excluding hydrogens is 246 g/mol. The number of hydrogen-bond donors (Lipinski definition) is 0. The molecule has 14 heavy (non-hydrogen) atoms. The van der Waals surface area contributed by atoms with Crippen molar-refractivity contribution >= 4 is 21.6 Å². The molecule has 0 amide bonds. The van der Waals surface area contributed by atoms with Crippen LogP contribution in [0.1, 0.15) is 25.3 Å². The Morgan fingerprint density at radius 1 is 1.43 bits per heavy atom. The first-order chi connectivity index (χ1) is 6.60. The standard InChI is InChI=1S/C10H12BrNO2/c1-6(2)7-4-10(14-3)9(12-13)5-8(7)11/h4-6H,1-3H3. The maximum atomic E-state index is 10.5. The van der Waals surface area contributed by atoms with Gasteiger partial charge in [-0.15, -0.1) is 4.91 Å². The molecule has 0 N–H and O–H groups in total. The minimum absolute atomic E-state index is 0.323. The molecule has 1 aromatic rings. The monoisotopic (exact) mass is 257 g/mol. The summed E-state index contributed by atoms with van der Waals surface area (Å²) in [4.78, 5) is 10.5. The van der Waals surface area contributed by atoms with Crippen LogP contribution >= 0.6 is 15.9 Å². The molecule has 1 aromatic carbocycles. The third kappa shape index (κ3) is 2.12. The molecule has 3 nitrogen and oxygen atoms in total. The fraction of sp³-hybridized carbons (Fsp3) is 0.400. The first-order valence-corrected chi connectivity index (χ1v) is 5.10. The second-order valence-corrected chi connectivity index (χ2v) is 4.15. The van der Waals surface area contributed by atoms with E-state index in [1.54, 1.807) is 6.07 Å². The first-order valence-electron chi connectivity index (χ1n) is 4.31. The average Bonchev–Trinajstić information content (AvgIpc) is 2.16. The Balaban J connectivity index is 3.30. The lowest BCUT2D eigenvalue weighted by atomic mass is 10.0. The van der Waals surface area contributed by atoms with Crippen LogP contribution in [0.3, 0.4) is 0 Å². The van der Waals surface area contributed by atoms with Gasteiger partial charge in [0.05, 0.1) is 7.11 Å². The van der Waals surface area contributed by atoms with Gasteiger partial charge in [-0.25, -0.2) is 0 Å². The van der Waals surface area contributed by atoms with Crippen LogP contribution in [-0.2, 0) is 0 Å². The summed E-state index contributed by atoms with van der Waals surface area (Å²) < 4.78 is 5.96. The fourth-order valence-corrected chi connectivity index (χ4v) is 2.03. The second kappa shape index (κ2) is 4.55. The van der Waals surface area contributed by atoms with Gasteiger partial charge in [0.1, 0.15) is 5.75 Å². The molecule has 0 saturated heterocycles. The normalized spacial score (nSPS) is 10.4. The Morgan fingerprint density at radius 3 is 2.50 bits per heavy atom. The summed E-state index contributed by atoms with van der Waals surface area (Å²) in [6.45, 7) is 4.15. The van der Waals surface area contributed by atoms with Gasteiger partial charge in [-0.3, -0.25) is 0 Å². The van der Waals surface area contributed by atoms with Gasteiger partial charge in [0, 0.05) is 4.47 Å². The van der Waals surface area contributed by atoms with Crippen LogP contribution in [0.4, 0.5) is 5.69 Å². The highest BCUT2D eigenvalue weighted by molar-refractivity contribution is 9.10. The van der Waals surface area contributed by atoms with E-state index in [9.17, 15) is 4.91 Å². The third-order valence-electron chi connectivity index (χ3n) is 2.02. The van der Waals surface area contributed by atoms with E-state index < -0.39 is 0 Å². The summed E-state index contributed by atoms with van der Waals surface area (Å²) >= 11 is 3.40. The van der Waals surface area contributed by atoms with Crippen LogP contribution < -0.4 is 4.74 Å². The molecule has 0 heterocycles. The van der Waals surface area contributed by atoms with E-state index in [4.69, 9.17) is 4.74 Å². The Bertz CT molecular complexity index is 350. The lowest BCUT2D eigenvalue weighted by Gasteiger charge is -2.11. The predicted molar refractivity (Wildman–Crippen MR) is 60.2 cm³/mol. The molecule has 0 aliphatic heterocycles. The SMILES string of the molecule is COc1cc(C(C)C)c(Br)cc1N=O. The van der Waals surface area contributed by atoms with E-state index in [0.29, 0.717) is 17.4 Å². The Kier molecular flexibility index (Phi) is 3.63. The van der Waals surface area contributed by atoms with Crippen LogP contribution in [0.5, 0.6) is 5.75 Å². The number of nitroso groups, excluding NO2 is 1. The molecule has 1 rings (SSSR count). The van der Waals surface area contributed by atoms with Crippen molar-refractivity contribution in [3.63, 3.8) is 0 Å². The zero-order chi connectivity index (χ0) is 10.7. The topological polar surface area (TPSA) is 38.7 Å². The van der Waals surface area contributed by atoms with Gasteiger partial charge in [-0.05, 0) is 28.8 Å². The molecule has 0 radical (unpaired) electrons. The zero-order valence-electron chi connectivity index (χ0n) is 8.37. The molecule has 0 aliphatic rings. The van der Waals surface area contributed by atoms with Crippen molar-refractivity contribution < 1.29 is 4.74 Å². The van der Waals surface area contributed by atoms with Crippen LogP contribution in [0.15, 0.2) is 21.8 Å². The summed E-state index contributed by atoms with van der Waals surface area (Å²) in [5.41, 5.74) is 1.43. The van der Waals surface area contributed by atoms with Crippen molar-refractivity contribution in [2.24, 2.45) is 5.18 Å². The summed E-state index contributed by atoms with van der Waals surface area (Å²) in [6, 6.07) is 3.52. The Morgan fingerprint density at radius 2 is 2.07 bits per heavy atom. The van der Waals surface area contributed by atoms with Crippen LogP contribution in [0.2, 0.25) is 0 Å². The van der Waals surface area contributed by atoms with Crippen LogP contribution in [0, 0.1) is 4.91 Å². The highest BCUT2D eigenvalue weighted by atomic mass is 79.9. The van der Waals surface area contributed by atoms with Crippen molar-refractivity contribution in [3.8, 4) is 5.75 Å².